The van der Waals surface area contributed by atoms with Crippen molar-refractivity contribution in [2.75, 3.05) is 57.2 Å². The first-order valence-electron chi connectivity index (χ1n) is 11.1. The van der Waals surface area contributed by atoms with E-state index >= 15 is 0 Å². The maximum Gasteiger partial charge on any atom is 0.310 e. The van der Waals surface area contributed by atoms with Crippen LogP contribution >= 0.6 is 0 Å². The van der Waals surface area contributed by atoms with E-state index in [9.17, 15) is 9.59 Å². The lowest BCUT2D eigenvalue weighted by molar-refractivity contribution is -0.112. The van der Waals surface area contributed by atoms with Gasteiger partial charge < -0.3 is 29.7 Å². The van der Waals surface area contributed by atoms with Gasteiger partial charge in [-0.15, -0.1) is 0 Å². The maximum absolute atomic E-state index is 13.0. The molecule has 5 rings (SSSR count). The average molecular weight is 466 g/mol. The number of carbonyl (C=O) groups excluding carboxylic acids is 2. The van der Waals surface area contributed by atoms with E-state index in [0.717, 1.165) is 37.4 Å². The highest BCUT2D eigenvalue weighted by Gasteiger charge is 2.39. The molecule has 2 N–H and O–H groups in total. The van der Waals surface area contributed by atoms with Gasteiger partial charge in [0.1, 0.15) is 0 Å². The summed E-state index contributed by atoms with van der Waals surface area (Å²) in [5.74, 6) is 0.303. The number of piperazine rings is 1. The van der Waals surface area contributed by atoms with Crippen molar-refractivity contribution in [1.29, 1.82) is 0 Å². The van der Waals surface area contributed by atoms with Gasteiger partial charge in [0, 0.05) is 37.9 Å². The van der Waals surface area contributed by atoms with Crippen LogP contribution in [0.4, 0.5) is 11.4 Å². The van der Waals surface area contributed by atoms with Crippen molar-refractivity contribution < 1.29 is 23.8 Å². The summed E-state index contributed by atoms with van der Waals surface area (Å²) in [5, 5.41) is 6.18. The van der Waals surface area contributed by atoms with Gasteiger partial charge >= 0.3 is 5.91 Å². The number of nitrogens with one attached hydrogen (secondary N) is 2. The van der Waals surface area contributed by atoms with E-state index in [1.807, 2.05) is 6.07 Å². The minimum absolute atomic E-state index is 0.0565. The third kappa shape index (κ3) is 3.98. The largest absolute Gasteiger partial charge is 0.493 e. The molecule has 3 aliphatic rings. The highest BCUT2D eigenvalue weighted by molar-refractivity contribution is 6.40. The van der Waals surface area contributed by atoms with Gasteiger partial charge in [-0.25, -0.2) is 4.99 Å². The van der Waals surface area contributed by atoms with Crippen LogP contribution in [0.5, 0.6) is 11.5 Å². The topological polar surface area (TPSA) is 118 Å². The summed E-state index contributed by atoms with van der Waals surface area (Å²) >= 11 is 0. The fourth-order valence-electron chi connectivity index (χ4n) is 4.39. The van der Waals surface area contributed by atoms with Crippen LogP contribution in [0.3, 0.4) is 0 Å². The number of hydrogen-bond acceptors (Lipinski definition) is 9. The Kier molecular flexibility index (Phi) is 5.93. The molecule has 178 valence electrons. The first-order chi connectivity index (χ1) is 16.6. The minimum atomic E-state index is -0.667. The molecule has 11 nitrogen and oxygen atoms in total. The van der Waals surface area contributed by atoms with Crippen LogP contribution in [0.2, 0.25) is 0 Å². The number of nitrogens with zero attached hydrogens (tertiary/aromatic N) is 4. The molecule has 0 spiro atoms. The Morgan fingerprint density at radius 3 is 2.74 bits per heavy atom. The zero-order valence-corrected chi connectivity index (χ0v) is 19.0. The first-order valence-corrected chi connectivity index (χ1v) is 11.1. The monoisotopic (exact) mass is 466 g/mol. The van der Waals surface area contributed by atoms with Crippen molar-refractivity contribution in [1.82, 2.24) is 15.2 Å². The van der Waals surface area contributed by atoms with Crippen molar-refractivity contribution in [2.45, 2.75) is 12.8 Å². The summed E-state index contributed by atoms with van der Waals surface area (Å²) in [6, 6.07) is 5.33. The van der Waals surface area contributed by atoms with E-state index in [-0.39, 0.29) is 18.3 Å². The Balaban J connectivity index is 1.26. The molecule has 4 heterocycles. The molecule has 11 heteroatoms. The van der Waals surface area contributed by atoms with E-state index in [2.05, 4.69) is 25.5 Å². The maximum atomic E-state index is 13.0. The predicted octanol–water partition coefficient (Wildman–Crippen LogP) is 0.858. The predicted molar refractivity (Wildman–Crippen MR) is 125 cm³/mol. The molecule has 1 fully saturated rings. The summed E-state index contributed by atoms with van der Waals surface area (Å²) in [6.07, 6.45) is 2.65. The highest BCUT2D eigenvalue weighted by atomic mass is 16.5. The SMILES string of the molecule is COc1cc2c(cc1OC)C(=O)N(C1CN=C(C(=O)Nc3cnccc3N3CCNCC3)O1)C2. The van der Waals surface area contributed by atoms with Crippen LogP contribution in [-0.4, -0.2) is 80.8 Å². The number of benzene rings is 1. The number of ether oxygens (including phenoxy) is 3. The molecule has 1 atom stereocenters. The molecule has 2 aromatic rings. The molecule has 1 aromatic heterocycles. The van der Waals surface area contributed by atoms with Crippen molar-refractivity contribution >= 4 is 29.1 Å². The van der Waals surface area contributed by atoms with Crippen LogP contribution in [0, 0.1) is 0 Å². The first kappa shape index (κ1) is 22.0. The number of rotatable bonds is 6. The summed E-state index contributed by atoms with van der Waals surface area (Å²) in [7, 11) is 3.07. The lowest BCUT2D eigenvalue weighted by Crippen LogP contribution is -2.44. The van der Waals surface area contributed by atoms with E-state index in [1.165, 1.54) is 7.11 Å². The van der Waals surface area contributed by atoms with Gasteiger partial charge in [-0.2, -0.15) is 0 Å². The molecule has 0 bridgehead atoms. The third-order valence-corrected chi connectivity index (χ3v) is 6.13. The standard InChI is InChI=1S/C23H26N6O5/c1-32-18-9-14-13-29(23(31)15(14)10-19(18)33-2)20-12-26-22(34-20)21(30)27-16-11-25-4-3-17(16)28-7-5-24-6-8-28/h3-4,9-11,20,24H,5-8,12-13H2,1-2H3,(H,27,30). The molecule has 3 aliphatic heterocycles. The summed E-state index contributed by atoms with van der Waals surface area (Å²) in [4.78, 5) is 38.1. The van der Waals surface area contributed by atoms with Gasteiger partial charge in [0.05, 0.1) is 44.9 Å². The lowest BCUT2D eigenvalue weighted by Gasteiger charge is -2.30. The Bertz CT molecular complexity index is 1150. The lowest BCUT2D eigenvalue weighted by atomic mass is 10.1. The molecule has 1 aromatic carbocycles. The van der Waals surface area contributed by atoms with Crippen LogP contribution < -0.4 is 25.0 Å². The smallest absolute Gasteiger partial charge is 0.310 e. The zero-order valence-electron chi connectivity index (χ0n) is 19.0. The van der Waals surface area contributed by atoms with Crippen molar-refractivity contribution in [2.24, 2.45) is 4.99 Å². The average Bonchev–Trinajstić information content (AvgIpc) is 3.49. The summed E-state index contributed by atoms with van der Waals surface area (Å²) < 4.78 is 16.5. The molecule has 2 amide bonds. The zero-order chi connectivity index (χ0) is 23.7. The number of fused-ring (bicyclic) bond motifs is 1. The van der Waals surface area contributed by atoms with Gasteiger partial charge in [0.25, 0.3) is 11.8 Å². The van der Waals surface area contributed by atoms with Crippen LogP contribution in [-0.2, 0) is 16.1 Å². The van der Waals surface area contributed by atoms with Crippen molar-refractivity contribution in [3.8, 4) is 11.5 Å². The van der Waals surface area contributed by atoms with E-state index in [1.54, 1.807) is 36.5 Å². The number of aliphatic imine (C=N–C) groups is 1. The van der Waals surface area contributed by atoms with Gasteiger partial charge in [0.15, 0.2) is 17.7 Å². The summed E-state index contributed by atoms with van der Waals surface area (Å²) in [5.41, 5.74) is 2.82. The second-order valence-electron chi connectivity index (χ2n) is 8.10. The van der Waals surface area contributed by atoms with Gasteiger partial charge in [0.2, 0.25) is 0 Å². The molecular weight excluding hydrogens is 440 g/mol. The molecular formula is C23H26N6O5. The minimum Gasteiger partial charge on any atom is -0.493 e. The molecule has 0 radical (unpaired) electrons. The third-order valence-electron chi connectivity index (χ3n) is 6.13. The molecule has 34 heavy (non-hydrogen) atoms. The second kappa shape index (κ2) is 9.18. The normalized spacial score (nSPS) is 19.4. The Morgan fingerprint density at radius 1 is 1.21 bits per heavy atom. The Labute approximate surface area is 196 Å². The number of aromatic nitrogens is 1. The number of amides is 2. The van der Waals surface area contributed by atoms with E-state index in [4.69, 9.17) is 14.2 Å². The number of methoxy groups -OCH3 is 2. The van der Waals surface area contributed by atoms with Gasteiger partial charge in [-0.3, -0.25) is 19.5 Å². The molecule has 0 aliphatic carbocycles. The second-order valence-corrected chi connectivity index (χ2v) is 8.10. The number of pyridine rings is 1. The van der Waals surface area contributed by atoms with Crippen LogP contribution in [0.15, 0.2) is 35.6 Å². The molecule has 0 saturated carbocycles. The van der Waals surface area contributed by atoms with Crippen molar-refractivity contribution in [3.63, 3.8) is 0 Å². The molecule has 1 saturated heterocycles. The highest BCUT2D eigenvalue weighted by Crippen LogP contribution is 2.36. The Hall–Kier alpha value is -3.86. The van der Waals surface area contributed by atoms with Crippen LogP contribution in [0.25, 0.3) is 0 Å². The number of anilines is 2. The number of carbonyl (C=O) groups is 2. The number of hydrogen-bond donors (Lipinski definition) is 2. The molecule has 1 unspecified atom stereocenters. The fraction of sp³-hybridized carbons (Fsp3) is 0.391. The van der Waals surface area contributed by atoms with Crippen molar-refractivity contribution in [3.05, 3.63) is 41.7 Å². The van der Waals surface area contributed by atoms with Gasteiger partial charge in [-0.05, 0) is 23.8 Å². The quantitative estimate of drug-likeness (QED) is 0.644. The van der Waals surface area contributed by atoms with E-state index < -0.39 is 12.1 Å². The van der Waals surface area contributed by atoms with E-state index in [0.29, 0.717) is 29.3 Å². The Morgan fingerprint density at radius 2 is 1.97 bits per heavy atom. The summed E-state index contributed by atoms with van der Waals surface area (Å²) in [6.45, 7) is 3.92. The fourth-order valence-corrected chi connectivity index (χ4v) is 4.39. The van der Waals surface area contributed by atoms with Crippen LogP contribution in [0.1, 0.15) is 15.9 Å². The van der Waals surface area contributed by atoms with Gasteiger partial charge in [-0.1, -0.05) is 0 Å².